The standard InChI is InChI=1S/C16H16FNO4S/c1-2-22-16(19)11-12-3-7-14(8-4-12)18-23(20,21)15-9-5-13(17)6-10-15/h3-10,18H,2,11H2,1H3. The Morgan fingerprint density at radius 1 is 1.09 bits per heavy atom. The minimum Gasteiger partial charge on any atom is -0.466 e. The van der Waals surface area contributed by atoms with Gasteiger partial charge in [-0.3, -0.25) is 9.52 Å². The summed E-state index contributed by atoms with van der Waals surface area (Å²) in [5.74, 6) is -0.848. The second-order valence-electron chi connectivity index (χ2n) is 4.74. The van der Waals surface area contributed by atoms with Gasteiger partial charge in [0.15, 0.2) is 0 Å². The highest BCUT2D eigenvalue weighted by molar-refractivity contribution is 7.92. The first-order valence-electron chi connectivity index (χ1n) is 6.93. The molecule has 0 aliphatic heterocycles. The largest absolute Gasteiger partial charge is 0.466 e. The van der Waals surface area contributed by atoms with E-state index in [1.165, 1.54) is 12.1 Å². The Balaban J connectivity index is 2.08. The Morgan fingerprint density at radius 2 is 1.70 bits per heavy atom. The van der Waals surface area contributed by atoms with Crippen LogP contribution < -0.4 is 4.72 Å². The minimum absolute atomic E-state index is 0.0329. The lowest BCUT2D eigenvalue weighted by Crippen LogP contribution is -2.13. The number of ether oxygens (including phenoxy) is 1. The van der Waals surface area contributed by atoms with Gasteiger partial charge >= 0.3 is 5.97 Å². The third-order valence-electron chi connectivity index (χ3n) is 2.98. The van der Waals surface area contributed by atoms with E-state index in [4.69, 9.17) is 4.74 Å². The summed E-state index contributed by atoms with van der Waals surface area (Å²) in [7, 11) is -3.78. The van der Waals surface area contributed by atoms with Crippen LogP contribution in [0.2, 0.25) is 0 Å². The number of esters is 1. The van der Waals surface area contributed by atoms with Gasteiger partial charge in [0.2, 0.25) is 0 Å². The number of hydrogen-bond acceptors (Lipinski definition) is 4. The molecule has 122 valence electrons. The van der Waals surface area contributed by atoms with Crippen molar-refractivity contribution >= 4 is 21.7 Å². The van der Waals surface area contributed by atoms with Crippen LogP contribution in [0.25, 0.3) is 0 Å². The second-order valence-corrected chi connectivity index (χ2v) is 6.42. The number of nitrogens with one attached hydrogen (secondary N) is 1. The van der Waals surface area contributed by atoms with Crippen molar-refractivity contribution in [2.45, 2.75) is 18.2 Å². The van der Waals surface area contributed by atoms with Crippen molar-refractivity contribution < 1.29 is 22.3 Å². The first-order chi connectivity index (χ1) is 10.9. The fourth-order valence-electron chi connectivity index (χ4n) is 1.90. The number of hydrogen-bond donors (Lipinski definition) is 1. The lowest BCUT2D eigenvalue weighted by molar-refractivity contribution is -0.142. The molecule has 0 spiro atoms. The predicted octanol–water partition coefficient (Wildman–Crippen LogP) is 2.73. The third kappa shape index (κ3) is 4.79. The van der Waals surface area contributed by atoms with Gasteiger partial charge < -0.3 is 4.74 Å². The van der Waals surface area contributed by atoms with E-state index in [-0.39, 0.29) is 17.3 Å². The molecule has 0 bridgehead atoms. The normalized spacial score (nSPS) is 11.0. The highest BCUT2D eigenvalue weighted by Gasteiger charge is 2.14. The van der Waals surface area contributed by atoms with Crippen LogP contribution >= 0.6 is 0 Å². The quantitative estimate of drug-likeness (QED) is 0.823. The van der Waals surface area contributed by atoms with Crippen molar-refractivity contribution in [2.24, 2.45) is 0 Å². The molecule has 0 radical (unpaired) electrons. The molecule has 0 saturated heterocycles. The zero-order chi connectivity index (χ0) is 16.9. The molecule has 2 rings (SSSR count). The summed E-state index contributed by atoms with van der Waals surface area (Å²) in [6.07, 6.45) is 0.124. The van der Waals surface area contributed by atoms with E-state index >= 15 is 0 Å². The van der Waals surface area contributed by atoms with Crippen LogP contribution in [-0.4, -0.2) is 21.0 Å². The molecule has 5 nitrogen and oxygen atoms in total. The van der Waals surface area contributed by atoms with Gasteiger partial charge in [-0.15, -0.1) is 0 Å². The maximum absolute atomic E-state index is 12.9. The maximum atomic E-state index is 12.9. The van der Waals surface area contributed by atoms with Gasteiger partial charge in [0.1, 0.15) is 5.82 Å². The number of anilines is 1. The van der Waals surface area contributed by atoms with E-state index in [1.807, 2.05) is 0 Å². The van der Waals surface area contributed by atoms with E-state index in [0.29, 0.717) is 17.9 Å². The van der Waals surface area contributed by atoms with Crippen molar-refractivity contribution in [1.82, 2.24) is 0 Å². The summed E-state index contributed by atoms with van der Waals surface area (Å²) in [6.45, 7) is 2.04. The number of halogens is 1. The highest BCUT2D eigenvalue weighted by atomic mass is 32.2. The van der Waals surface area contributed by atoms with Crippen LogP contribution in [0.5, 0.6) is 0 Å². The van der Waals surface area contributed by atoms with E-state index in [9.17, 15) is 17.6 Å². The summed E-state index contributed by atoms with van der Waals surface area (Å²) in [5, 5.41) is 0. The minimum atomic E-state index is -3.78. The summed E-state index contributed by atoms with van der Waals surface area (Å²) in [6, 6.07) is 10.9. The zero-order valence-corrected chi connectivity index (χ0v) is 13.3. The summed E-state index contributed by atoms with van der Waals surface area (Å²) in [4.78, 5) is 11.3. The Morgan fingerprint density at radius 3 is 2.26 bits per heavy atom. The first kappa shape index (κ1) is 17.0. The van der Waals surface area contributed by atoms with Crippen molar-refractivity contribution in [3.63, 3.8) is 0 Å². The maximum Gasteiger partial charge on any atom is 0.310 e. The third-order valence-corrected chi connectivity index (χ3v) is 4.38. The Bertz CT molecular complexity index is 771. The van der Waals surface area contributed by atoms with Crippen molar-refractivity contribution in [3.05, 3.63) is 59.9 Å². The van der Waals surface area contributed by atoms with Gasteiger partial charge in [0.25, 0.3) is 10.0 Å². The molecule has 23 heavy (non-hydrogen) atoms. The monoisotopic (exact) mass is 337 g/mol. The molecule has 0 saturated carbocycles. The predicted molar refractivity (Wildman–Crippen MR) is 84.0 cm³/mol. The SMILES string of the molecule is CCOC(=O)Cc1ccc(NS(=O)(=O)c2ccc(F)cc2)cc1. The molecule has 0 heterocycles. The topological polar surface area (TPSA) is 72.5 Å². The van der Waals surface area contributed by atoms with E-state index in [0.717, 1.165) is 12.1 Å². The number of carbonyl (C=O) groups is 1. The van der Waals surface area contributed by atoms with Crippen LogP contribution in [0.4, 0.5) is 10.1 Å². The van der Waals surface area contributed by atoms with Gasteiger partial charge in [-0.2, -0.15) is 0 Å². The van der Waals surface area contributed by atoms with E-state index < -0.39 is 15.8 Å². The van der Waals surface area contributed by atoms with Crippen molar-refractivity contribution in [3.8, 4) is 0 Å². The highest BCUT2D eigenvalue weighted by Crippen LogP contribution is 2.17. The van der Waals surface area contributed by atoms with Gasteiger partial charge in [-0.1, -0.05) is 12.1 Å². The Kier molecular flexibility index (Phi) is 5.33. The average Bonchev–Trinajstić information content (AvgIpc) is 2.50. The van der Waals surface area contributed by atoms with Crippen molar-refractivity contribution in [1.29, 1.82) is 0 Å². The molecule has 0 aromatic heterocycles. The number of sulfonamides is 1. The first-order valence-corrected chi connectivity index (χ1v) is 8.42. The summed E-state index contributed by atoms with van der Waals surface area (Å²) < 4.78 is 44.4. The summed E-state index contributed by atoms with van der Waals surface area (Å²) in [5.41, 5.74) is 1.06. The second kappa shape index (κ2) is 7.23. The fourth-order valence-corrected chi connectivity index (χ4v) is 2.96. The van der Waals surface area contributed by atoms with Gasteiger partial charge in [0.05, 0.1) is 17.9 Å². The summed E-state index contributed by atoms with van der Waals surface area (Å²) >= 11 is 0. The molecular weight excluding hydrogens is 321 g/mol. The molecule has 0 fully saturated rings. The lowest BCUT2D eigenvalue weighted by Gasteiger charge is -2.09. The molecule has 0 aliphatic rings. The molecule has 0 aliphatic carbocycles. The molecule has 7 heteroatoms. The van der Waals surface area contributed by atoms with Crippen LogP contribution in [0, 0.1) is 5.82 Å². The van der Waals surface area contributed by atoms with Gasteiger partial charge in [0, 0.05) is 5.69 Å². The molecule has 2 aromatic carbocycles. The lowest BCUT2D eigenvalue weighted by atomic mass is 10.1. The zero-order valence-electron chi connectivity index (χ0n) is 12.5. The average molecular weight is 337 g/mol. The molecule has 2 aromatic rings. The fraction of sp³-hybridized carbons (Fsp3) is 0.188. The van der Waals surface area contributed by atoms with Crippen LogP contribution in [0.1, 0.15) is 12.5 Å². The van der Waals surface area contributed by atoms with Gasteiger partial charge in [-0.05, 0) is 48.9 Å². The molecular formula is C16H16FNO4S. The van der Waals surface area contributed by atoms with Crippen LogP contribution in [0.3, 0.4) is 0 Å². The molecule has 0 unspecified atom stereocenters. The van der Waals surface area contributed by atoms with Crippen LogP contribution in [0.15, 0.2) is 53.4 Å². The smallest absolute Gasteiger partial charge is 0.310 e. The molecule has 0 amide bonds. The Hall–Kier alpha value is -2.41. The molecule has 0 atom stereocenters. The van der Waals surface area contributed by atoms with Crippen molar-refractivity contribution in [2.75, 3.05) is 11.3 Å². The number of carbonyl (C=O) groups excluding carboxylic acids is 1. The molecule has 1 N–H and O–H groups in total. The van der Waals surface area contributed by atoms with Crippen LogP contribution in [-0.2, 0) is 26.0 Å². The number of rotatable bonds is 6. The van der Waals surface area contributed by atoms with E-state index in [2.05, 4.69) is 4.72 Å². The Labute approximate surface area is 134 Å². The van der Waals surface area contributed by atoms with Gasteiger partial charge in [-0.25, -0.2) is 12.8 Å². The number of benzene rings is 2. The van der Waals surface area contributed by atoms with E-state index in [1.54, 1.807) is 31.2 Å².